The zero-order valence-electron chi connectivity index (χ0n) is 17.8. The van der Waals surface area contributed by atoms with Crippen LogP contribution >= 0.6 is 23.2 Å². The zero-order chi connectivity index (χ0) is 24.0. The Bertz CT molecular complexity index is 1280. The predicted molar refractivity (Wildman–Crippen MR) is 131 cm³/mol. The summed E-state index contributed by atoms with van der Waals surface area (Å²) in [4.78, 5) is 12.7. The topological polar surface area (TPSA) is 88.1 Å². The summed E-state index contributed by atoms with van der Waals surface area (Å²) in [7, 11) is -2.66. The van der Waals surface area contributed by atoms with Crippen molar-refractivity contribution < 1.29 is 17.9 Å². The molecule has 1 N–H and O–H groups in total. The van der Waals surface area contributed by atoms with E-state index in [0.29, 0.717) is 21.4 Å². The number of aryl methyl sites for hydroxylation is 1. The number of benzene rings is 3. The van der Waals surface area contributed by atoms with Crippen LogP contribution in [0.15, 0.2) is 76.7 Å². The quantitative estimate of drug-likeness (QED) is 0.356. The molecule has 0 bridgehead atoms. The number of sulfonamides is 1. The van der Waals surface area contributed by atoms with Crippen LogP contribution in [0.3, 0.4) is 0 Å². The van der Waals surface area contributed by atoms with E-state index in [4.69, 9.17) is 27.9 Å². The molecule has 172 valence electrons. The SMILES string of the molecule is COc1ccccc1N(CC(=O)N/N=C/c1ccc(Cl)cc1Cl)S(=O)(=O)c1ccc(C)cc1. The van der Waals surface area contributed by atoms with Crippen molar-refractivity contribution in [3.05, 3.63) is 87.9 Å². The summed E-state index contributed by atoms with van der Waals surface area (Å²) in [5.74, 6) is -0.352. The molecule has 1 amide bonds. The van der Waals surface area contributed by atoms with Gasteiger partial charge < -0.3 is 4.74 Å². The molecule has 3 aromatic carbocycles. The largest absolute Gasteiger partial charge is 0.495 e. The molecule has 0 aliphatic rings. The van der Waals surface area contributed by atoms with E-state index in [1.165, 1.54) is 25.5 Å². The van der Waals surface area contributed by atoms with Crippen LogP contribution in [-0.2, 0) is 14.8 Å². The summed E-state index contributed by atoms with van der Waals surface area (Å²) in [6.45, 7) is 1.33. The van der Waals surface area contributed by atoms with Crippen molar-refractivity contribution in [1.29, 1.82) is 0 Å². The smallest absolute Gasteiger partial charge is 0.264 e. The van der Waals surface area contributed by atoms with Crippen LogP contribution in [0.1, 0.15) is 11.1 Å². The highest BCUT2D eigenvalue weighted by Gasteiger charge is 2.29. The highest BCUT2D eigenvalue weighted by Crippen LogP contribution is 2.32. The van der Waals surface area contributed by atoms with Gasteiger partial charge >= 0.3 is 0 Å². The molecule has 33 heavy (non-hydrogen) atoms. The molecular formula is C23H21Cl2N3O4S. The summed E-state index contributed by atoms with van der Waals surface area (Å²) < 4.78 is 33.2. The van der Waals surface area contributed by atoms with E-state index in [-0.39, 0.29) is 10.6 Å². The Labute approximate surface area is 202 Å². The summed E-state index contributed by atoms with van der Waals surface area (Å²) in [6, 6.07) is 17.7. The lowest BCUT2D eigenvalue weighted by atomic mass is 10.2. The number of carbonyl (C=O) groups excluding carboxylic acids is 1. The molecule has 0 fully saturated rings. The maximum atomic E-state index is 13.4. The van der Waals surface area contributed by atoms with Gasteiger partial charge in [-0.25, -0.2) is 13.8 Å². The highest BCUT2D eigenvalue weighted by atomic mass is 35.5. The molecule has 0 aromatic heterocycles. The fourth-order valence-electron chi connectivity index (χ4n) is 2.92. The Balaban J connectivity index is 1.89. The van der Waals surface area contributed by atoms with E-state index < -0.39 is 22.5 Å². The number of rotatable bonds is 8. The molecule has 7 nitrogen and oxygen atoms in total. The van der Waals surface area contributed by atoms with Crippen molar-refractivity contribution in [1.82, 2.24) is 5.43 Å². The number of hydrogen-bond donors (Lipinski definition) is 1. The molecule has 0 heterocycles. The number of carbonyl (C=O) groups is 1. The third kappa shape index (κ3) is 6.04. The van der Waals surface area contributed by atoms with Crippen molar-refractivity contribution in [2.75, 3.05) is 18.0 Å². The number of nitrogens with zero attached hydrogens (tertiary/aromatic N) is 2. The Morgan fingerprint density at radius 3 is 2.45 bits per heavy atom. The van der Waals surface area contributed by atoms with Gasteiger partial charge in [0.1, 0.15) is 12.3 Å². The lowest BCUT2D eigenvalue weighted by Crippen LogP contribution is -2.39. The average molecular weight is 506 g/mol. The van der Waals surface area contributed by atoms with Crippen LogP contribution in [0.2, 0.25) is 10.0 Å². The first-order valence-corrected chi connectivity index (χ1v) is 11.9. The second kappa shape index (κ2) is 10.7. The van der Waals surface area contributed by atoms with Crippen LogP contribution in [-0.4, -0.2) is 34.2 Å². The number of nitrogens with one attached hydrogen (secondary N) is 1. The van der Waals surface area contributed by atoms with Gasteiger partial charge in [0, 0.05) is 10.6 Å². The molecule has 0 atom stereocenters. The Hall–Kier alpha value is -3.07. The minimum absolute atomic E-state index is 0.0447. The Morgan fingerprint density at radius 2 is 1.79 bits per heavy atom. The standard InChI is InChI=1S/C23H21Cl2N3O4S/c1-16-7-11-19(12-8-16)33(30,31)28(21-5-3-4-6-22(21)32-2)15-23(29)27-26-14-17-9-10-18(24)13-20(17)25/h3-14H,15H2,1-2H3,(H,27,29)/b26-14+. The van der Waals surface area contributed by atoms with Gasteiger partial charge in [-0.05, 0) is 43.3 Å². The van der Waals surface area contributed by atoms with Gasteiger partial charge in [0.25, 0.3) is 15.9 Å². The van der Waals surface area contributed by atoms with Crippen LogP contribution in [0.4, 0.5) is 5.69 Å². The molecule has 10 heteroatoms. The monoisotopic (exact) mass is 505 g/mol. The number of halogens is 2. The van der Waals surface area contributed by atoms with E-state index in [0.717, 1.165) is 9.87 Å². The van der Waals surface area contributed by atoms with Gasteiger partial charge in [-0.2, -0.15) is 5.10 Å². The number of methoxy groups -OCH3 is 1. The lowest BCUT2D eigenvalue weighted by Gasteiger charge is -2.25. The third-order valence-electron chi connectivity index (χ3n) is 4.61. The molecular weight excluding hydrogens is 485 g/mol. The summed E-state index contributed by atoms with van der Waals surface area (Å²) in [5.41, 5.74) is 4.00. The van der Waals surface area contributed by atoms with Crippen molar-refractivity contribution in [2.24, 2.45) is 5.10 Å². The van der Waals surface area contributed by atoms with E-state index in [1.54, 1.807) is 54.6 Å². The van der Waals surface area contributed by atoms with Gasteiger partial charge in [-0.1, -0.05) is 59.1 Å². The third-order valence-corrected chi connectivity index (χ3v) is 6.94. The minimum Gasteiger partial charge on any atom is -0.495 e. The Kier molecular flexibility index (Phi) is 7.97. The summed E-state index contributed by atoms with van der Waals surface area (Å²) >= 11 is 12.0. The van der Waals surface area contributed by atoms with Crippen molar-refractivity contribution >= 4 is 51.0 Å². The fraction of sp³-hybridized carbons (Fsp3) is 0.130. The molecule has 0 saturated heterocycles. The number of amides is 1. The molecule has 0 aliphatic heterocycles. The van der Waals surface area contributed by atoms with Gasteiger partial charge in [0.2, 0.25) is 0 Å². The second-order valence-corrected chi connectivity index (χ2v) is 9.66. The lowest BCUT2D eigenvalue weighted by molar-refractivity contribution is -0.119. The van der Waals surface area contributed by atoms with Gasteiger partial charge in [-0.15, -0.1) is 0 Å². The summed E-state index contributed by atoms with van der Waals surface area (Å²) in [6.07, 6.45) is 1.35. The number of hydrogen-bond acceptors (Lipinski definition) is 5. The molecule has 0 spiro atoms. The molecule has 0 saturated carbocycles. The maximum Gasteiger partial charge on any atom is 0.264 e. The van der Waals surface area contributed by atoms with Gasteiger partial charge in [-0.3, -0.25) is 9.10 Å². The van der Waals surface area contributed by atoms with Crippen LogP contribution in [0, 0.1) is 6.92 Å². The van der Waals surface area contributed by atoms with E-state index >= 15 is 0 Å². The number of hydrazone groups is 1. The fourth-order valence-corrected chi connectivity index (χ4v) is 4.81. The number of anilines is 1. The normalized spacial score (nSPS) is 11.4. The molecule has 0 aliphatic carbocycles. The van der Waals surface area contributed by atoms with Crippen LogP contribution in [0.5, 0.6) is 5.75 Å². The summed E-state index contributed by atoms with van der Waals surface area (Å²) in [5, 5.41) is 4.71. The van der Waals surface area contributed by atoms with Crippen LogP contribution < -0.4 is 14.5 Å². The first-order valence-electron chi connectivity index (χ1n) is 9.72. The van der Waals surface area contributed by atoms with Gasteiger partial charge in [0.15, 0.2) is 0 Å². The first-order chi connectivity index (χ1) is 15.7. The van der Waals surface area contributed by atoms with Crippen molar-refractivity contribution in [3.8, 4) is 5.75 Å². The zero-order valence-corrected chi connectivity index (χ0v) is 20.2. The van der Waals surface area contributed by atoms with E-state index in [1.807, 2.05) is 6.92 Å². The average Bonchev–Trinajstić information content (AvgIpc) is 2.79. The number of para-hydroxylation sites is 2. The van der Waals surface area contributed by atoms with Gasteiger partial charge in [0.05, 0.1) is 28.9 Å². The molecule has 3 aromatic rings. The van der Waals surface area contributed by atoms with Crippen molar-refractivity contribution in [3.63, 3.8) is 0 Å². The Morgan fingerprint density at radius 1 is 1.09 bits per heavy atom. The van der Waals surface area contributed by atoms with E-state index in [9.17, 15) is 13.2 Å². The van der Waals surface area contributed by atoms with Crippen LogP contribution in [0.25, 0.3) is 0 Å². The second-order valence-electron chi connectivity index (χ2n) is 6.96. The van der Waals surface area contributed by atoms with Crippen molar-refractivity contribution in [2.45, 2.75) is 11.8 Å². The molecule has 0 radical (unpaired) electrons. The minimum atomic E-state index is -4.08. The predicted octanol–water partition coefficient (Wildman–Crippen LogP) is 4.66. The molecule has 0 unspecified atom stereocenters. The maximum absolute atomic E-state index is 13.4. The van der Waals surface area contributed by atoms with E-state index in [2.05, 4.69) is 10.5 Å². The first kappa shape index (κ1) is 24.6. The highest BCUT2D eigenvalue weighted by molar-refractivity contribution is 7.92. The molecule has 3 rings (SSSR count). The number of ether oxygens (including phenoxy) is 1.